The first-order chi connectivity index (χ1) is 9.61. The van der Waals surface area contributed by atoms with Gasteiger partial charge in [-0.3, -0.25) is 0 Å². The smallest absolute Gasteiger partial charge is 0.147 e. The van der Waals surface area contributed by atoms with Crippen LogP contribution in [0.1, 0.15) is 5.56 Å². The zero-order valence-electron chi connectivity index (χ0n) is 10.9. The minimum Gasteiger partial charge on any atom is -0.372 e. The molecule has 1 heterocycles. The molecular weight excluding hydrogens is 300 g/mol. The molecule has 0 spiro atoms. The lowest BCUT2D eigenvalue weighted by Gasteiger charge is -2.11. The second kappa shape index (κ2) is 6.77. The normalized spacial score (nSPS) is 10.4. The Bertz CT molecular complexity index is 605. The summed E-state index contributed by atoms with van der Waals surface area (Å²) in [6, 6.07) is 8.30. The lowest BCUT2D eigenvalue weighted by molar-refractivity contribution is 0.610. The quantitative estimate of drug-likeness (QED) is 0.867. The Morgan fingerprint density at radius 2 is 1.85 bits per heavy atom. The van der Waals surface area contributed by atoms with Gasteiger partial charge in [0.1, 0.15) is 17.5 Å². The van der Waals surface area contributed by atoms with Crippen molar-refractivity contribution in [3.8, 4) is 0 Å². The van der Waals surface area contributed by atoms with Gasteiger partial charge in [0.25, 0.3) is 0 Å². The highest BCUT2D eigenvalue weighted by Gasteiger charge is 2.08. The lowest BCUT2D eigenvalue weighted by atomic mass is 10.1. The number of anilines is 2. The Morgan fingerprint density at radius 3 is 2.55 bits per heavy atom. The van der Waals surface area contributed by atoms with Gasteiger partial charge in [0, 0.05) is 13.6 Å². The fourth-order valence-electron chi connectivity index (χ4n) is 1.78. The maximum atomic E-state index is 13.5. The standard InChI is InChI=1S/C14H14Cl2FN3/c1-18-13-10(15)8-11(16)14(20-13)19-7-6-9-4-2-3-5-12(9)17/h2-5,8H,6-7H2,1H3,(H2,18,19,20). The molecule has 0 saturated heterocycles. The predicted molar refractivity (Wildman–Crippen MR) is 82.4 cm³/mol. The fourth-order valence-corrected chi connectivity index (χ4v) is 2.30. The summed E-state index contributed by atoms with van der Waals surface area (Å²) in [7, 11) is 1.73. The van der Waals surface area contributed by atoms with Crippen LogP contribution in [0.25, 0.3) is 0 Å². The molecular formula is C14H14Cl2FN3. The van der Waals surface area contributed by atoms with Gasteiger partial charge in [0.2, 0.25) is 0 Å². The SMILES string of the molecule is CNc1nc(NCCc2ccccc2F)c(Cl)cc1Cl. The van der Waals surface area contributed by atoms with Crippen LogP contribution in [0, 0.1) is 5.82 Å². The highest BCUT2D eigenvalue weighted by molar-refractivity contribution is 6.37. The molecule has 0 aliphatic carbocycles. The predicted octanol–water partition coefficient (Wildman–Crippen LogP) is 4.22. The zero-order valence-corrected chi connectivity index (χ0v) is 12.4. The number of aromatic nitrogens is 1. The van der Waals surface area contributed by atoms with E-state index in [0.717, 1.165) is 0 Å². The molecule has 0 bridgehead atoms. The molecule has 0 aliphatic heterocycles. The molecule has 3 nitrogen and oxygen atoms in total. The van der Waals surface area contributed by atoms with Crippen LogP contribution in [-0.2, 0) is 6.42 Å². The topological polar surface area (TPSA) is 37.0 Å². The molecule has 2 N–H and O–H groups in total. The van der Waals surface area contributed by atoms with E-state index in [1.807, 2.05) is 6.07 Å². The van der Waals surface area contributed by atoms with E-state index in [-0.39, 0.29) is 5.82 Å². The van der Waals surface area contributed by atoms with E-state index < -0.39 is 0 Å². The molecule has 0 amide bonds. The van der Waals surface area contributed by atoms with Gasteiger partial charge in [-0.05, 0) is 24.1 Å². The minimum atomic E-state index is -0.208. The molecule has 0 unspecified atom stereocenters. The molecule has 1 aromatic carbocycles. The minimum absolute atomic E-state index is 0.208. The van der Waals surface area contributed by atoms with E-state index in [9.17, 15) is 4.39 Å². The molecule has 106 valence electrons. The maximum Gasteiger partial charge on any atom is 0.147 e. The average molecular weight is 314 g/mol. The Morgan fingerprint density at radius 1 is 1.15 bits per heavy atom. The number of nitrogens with zero attached hydrogens (tertiary/aromatic N) is 1. The van der Waals surface area contributed by atoms with Crippen molar-refractivity contribution in [3.05, 3.63) is 51.8 Å². The summed E-state index contributed by atoms with van der Waals surface area (Å²) in [5.74, 6) is 0.863. The van der Waals surface area contributed by atoms with Crippen LogP contribution in [0.3, 0.4) is 0 Å². The molecule has 0 fully saturated rings. The number of hydrogen-bond acceptors (Lipinski definition) is 3. The average Bonchev–Trinajstić information content (AvgIpc) is 2.43. The number of benzene rings is 1. The summed E-state index contributed by atoms with van der Waals surface area (Å²) in [4.78, 5) is 4.26. The van der Waals surface area contributed by atoms with E-state index in [1.165, 1.54) is 6.07 Å². The molecule has 6 heteroatoms. The largest absolute Gasteiger partial charge is 0.372 e. The van der Waals surface area contributed by atoms with Gasteiger partial charge in [0.05, 0.1) is 10.0 Å². The first-order valence-electron chi connectivity index (χ1n) is 6.13. The first kappa shape index (κ1) is 14.9. The van der Waals surface area contributed by atoms with Crippen molar-refractivity contribution in [1.29, 1.82) is 0 Å². The highest BCUT2D eigenvalue weighted by Crippen LogP contribution is 2.28. The lowest BCUT2D eigenvalue weighted by Crippen LogP contribution is -2.09. The van der Waals surface area contributed by atoms with Crippen LogP contribution in [0.5, 0.6) is 0 Å². The summed E-state index contributed by atoms with van der Waals surface area (Å²) in [6.07, 6.45) is 0.544. The van der Waals surface area contributed by atoms with Gasteiger partial charge in [-0.1, -0.05) is 41.4 Å². The maximum absolute atomic E-state index is 13.5. The van der Waals surface area contributed by atoms with Crippen LogP contribution in [0.2, 0.25) is 10.0 Å². The third-order valence-corrected chi connectivity index (χ3v) is 3.39. The Labute approximate surface area is 127 Å². The second-order valence-electron chi connectivity index (χ2n) is 4.17. The Balaban J connectivity index is 2.03. The number of halogens is 3. The molecule has 20 heavy (non-hydrogen) atoms. The van der Waals surface area contributed by atoms with Crippen LogP contribution in [0.4, 0.5) is 16.0 Å². The molecule has 0 radical (unpaired) electrons. The van der Waals surface area contributed by atoms with Crippen LogP contribution in [0.15, 0.2) is 30.3 Å². The third-order valence-electron chi connectivity index (χ3n) is 2.81. The van der Waals surface area contributed by atoms with E-state index in [4.69, 9.17) is 23.2 Å². The van der Waals surface area contributed by atoms with Crippen molar-refractivity contribution in [2.75, 3.05) is 24.2 Å². The zero-order chi connectivity index (χ0) is 14.5. The van der Waals surface area contributed by atoms with Gasteiger partial charge < -0.3 is 10.6 Å². The van der Waals surface area contributed by atoms with Crippen molar-refractivity contribution >= 4 is 34.8 Å². The molecule has 2 rings (SSSR count). The second-order valence-corrected chi connectivity index (χ2v) is 4.98. The number of nitrogens with one attached hydrogen (secondary N) is 2. The Hall–Kier alpha value is -1.52. The van der Waals surface area contributed by atoms with Crippen molar-refractivity contribution in [2.24, 2.45) is 0 Å². The number of rotatable bonds is 5. The Kier molecular flexibility index (Phi) is 5.04. The number of pyridine rings is 1. The van der Waals surface area contributed by atoms with E-state index in [2.05, 4.69) is 15.6 Å². The monoisotopic (exact) mass is 313 g/mol. The van der Waals surface area contributed by atoms with Crippen LogP contribution >= 0.6 is 23.2 Å². The first-order valence-corrected chi connectivity index (χ1v) is 6.88. The van der Waals surface area contributed by atoms with Gasteiger partial charge >= 0.3 is 0 Å². The van der Waals surface area contributed by atoms with Crippen LogP contribution in [-0.4, -0.2) is 18.6 Å². The van der Waals surface area contributed by atoms with Gasteiger partial charge in [0.15, 0.2) is 0 Å². The van der Waals surface area contributed by atoms with Crippen LogP contribution < -0.4 is 10.6 Å². The summed E-state index contributed by atoms with van der Waals surface area (Å²) < 4.78 is 13.5. The van der Waals surface area contributed by atoms with Crippen molar-refractivity contribution in [3.63, 3.8) is 0 Å². The summed E-state index contributed by atoms with van der Waals surface area (Å²) in [6.45, 7) is 0.526. The molecule has 0 atom stereocenters. The summed E-state index contributed by atoms with van der Waals surface area (Å²) >= 11 is 12.0. The molecule has 1 aromatic heterocycles. The number of hydrogen-bond donors (Lipinski definition) is 2. The van der Waals surface area contributed by atoms with Crippen molar-refractivity contribution < 1.29 is 4.39 Å². The van der Waals surface area contributed by atoms with E-state index in [1.54, 1.807) is 25.2 Å². The van der Waals surface area contributed by atoms with E-state index >= 15 is 0 Å². The van der Waals surface area contributed by atoms with Gasteiger partial charge in [-0.25, -0.2) is 9.37 Å². The third kappa shape index (κ3) is 3.52. The summed E-state index contributed by atoms with van der Waals surface area (Å²) in [5.41, 5.74) is 0.652. The highest BCUT2D eigenvalue weighted by atomic mass is 35.5. The molecule has 0 aliphatic rings. The molecule has 0 saturated carbocycles. The van der Waals surface area contributed by atoms with E-state index in [0.29, 0.717) is 40.2 Å². The summed E-state index contributed by atoms with van der Waals surface area (Å²) in [5, 5.41) is 6.85. The fraction of sp³-hybridized carbons (Fsp3) is 0.214. The van der Waals surface area contributed by atoms with Gasteiger partial charge in [-0.2, -0.15) is 0 Å². The molecule has 2 aromatic rings. The van der Waals surface area contributed by atoms with Crippen molar-refractivity contribution in [2.45, 2.75) is 6.42 Å². The van der Waals surface area contributed by atoms with Gasteiger partial charge in [-0.15, -0.1) is 0 Å². The van der Waals surface area contributed by atoms with Crippen molar-refractivity contribution in [1.82, 2.24) is 4.98 Å².